The topological polar surface area (TPSA) is 21.9 Å². The first-order valence-electron chi connectivity index (χ1n) is 6.70. The van der Waals surface area contributed by atoms with Crippen LogP contribution in [0.4, 0.5) is 0 Å². The van der Waals surface area contributed by atoms with Crippen LogP contribution in [0.3, 0.4) is 0 Å². The van der Waals surface area contributed by atoms with Crippen LogP contribution >= 0.6 is 0 Å². The Balaban J connectivity index is 1.61. The van der Waals surface area contributed by atoms with Crippen molar-refractivity contribution in [3.8, 4) is 0 Å². The predicted octanol–water partition coefficient (Wildman–Crippen LogP) is 3.54. The Morgan fingerprint density at radius 2 is 1.81 bits per heavy atom. The fourth-order valence-electron chi connectivity index (χ4n) is 2.36. The molecule has 88 valence electrons. The van der Waals surface area contributed by atoms with E-state index in [4.69, 9.17) is 0 Å². The maximum absolute atomic E-state index is 3.59. The highest BCUT2D eigenvalue weighted by atomic mass is 15.1. The Morgan fingerprint density at radius 1 is 1.00 bits per heavy atom. The smallest absolute Gasteiger partial charge is 0.0264 e. The van der Waals surface area contributed by atoms with Crippen molar-refractivity contribution in [2.24, 2.45) is 0 Å². The first kappa shape index (κ1) is 11.7. The Kier molecular flexibility index (Phi) is 4.41. The molecule has 0 unspecified atom stereocenters. The average molecular weight is 217 g/mol. The van der Waals surface area contributed by atoms with Crippen LogP contribution in [0.15, 0.2) is 30.3 Å². The molecule has 0 spiro atoms. The molecule has 1 aromatic rings. The molecule has 1 aromatic carbocycles. The average Bonchev–Trinajstić information content (AvgIpc) is 3.04. The van der Waals surface area contributed by atoms with Crippen molar-refractivity contribution in [1.29, 1.82) is 0 Å². The first-order valence-corrected chi connectivity index (χ1v) is 6.70. The van der Waals surface area contributed by atoms with E-state index >= 15 is 0 Å². The summed E-state index contributed by atoms with van der Waals surface area (Å²) in [5.41, 5.74) is 1.47. The highest BCUT2D eigenvalue weighted by Crippen LogP contribution is 2.22. The molecule has 1 heteroatoms. The highest BCUT2D eigenvalue weighted by Gasteiger charge is 2.34. The zero-order valence-corrected chi connectivity index (χ0v) is 10.3. The van der Waals surface area contributed by atoms with Crippen LogP contribution in [0, 0.1) is 0 Å². The Morgan fingerprint density at radius 3 is 2.56 bits per heavy atom. The summed E-state index contributed by atoms with van der Waals surface area (Å²) >= 11 is 0. The number of hydrogen-bond acceptors (Lipinski definition) is 1. The second-order valence-corrected chi connectivity index (χ2v) is 4.92. The minimum atomic E-state index is 0.754. The van der Waals surface area contributed by atoms with Gasteiger partial charge in [0.1, 0.15) is 0 Å². The molecule has 1 aliphatic heterocycles. The van der Waals surface area contributed by atoms with E-state index < -0.39 is 0 Å². The SMILES string of the molecule is CCCCCC[C@H]1N[C@@H]1Cc1ccccc1. The molecule has 0 radical (unpaired) electrons. The van der Waals surface area contributed by atoms with Crippen LogP contribution in [0.25, 0.3) is 0 Å². The summed E-state index contributed by atoms with van der Waals surface area (Å²) in [5, 5.41) is 3.59. The van der Waals surface area contributed by atoms with Gasteiger partial charge in [-0.25, -0.2) is 0 Å². The predicted molar refractivity (Wildman–Crippen MR) is 69.6 cm³/mol. The number of nitrogens with one attached hydrogen (secondary N) is 1. The van der Waals surface area contributed by atoms with Crippen LogP contribution < -0.4 is 5.32 Å². The molecule has 1 fully saturated rings. The lowest BCUT2D eigenvalue weighted by Crippen LogP contribution is -1.98. The molecule has 2 atom stereocenters. The van der Waals surface area contributed by atoms with E-state index in [1.807, 2.05) is 0 Å². The van der Waals surface area contributed by atoms with Gasteiger partial charge in [0.05, 0.1) is 0 Å². The number of benzene rings is 1. The van der Waals surface area contributed by atoms with Crippen molar-refractivity contribution in [2.75, 3.05) is 0 Å². The molecule has 1 saturated heterocycles. The van der Waals surface area contributed by atoms with Gasteiger partial charge in [0, 0.05) is 12.1 Å². The third kappa shape index (κ3) is 3.64. The molecule has 0 aromatic heterocycles. The summed E-state index contributed by atoms with van der Waals surface area (Å²) in [6.45, 7) is 2.27. The van der Waals surface area contributed by atoms with Gasteiger partial charge in [0.15, 0.2) is 0 Å². The van der Waals surface area contributed by atoms with Gasteiger partial charge in [-0.1, -0.05) is 62.9 Å². The minimum absolute atomic E-state index is 0.754. The van der Waals surface area contributed by atoms with E-state index in [2.05, 4.69) is 42.6 Å². The van der Waals surface area contributed by atoms with Gasteiger partial charge in [0.2, 0.25) is 0 Å². The summed E-state index contributed by atoms with van der Waals surface area (Å²) < 4.78 is 0. The number of hydrogen-bond donors (Lipinski definition) is 1. The summed E-state index contributed by atoms with van der Waals surface area (Å²) in [5.74, 6) is 0. The molecule has 1 nitrogen and oxygen atoms in total. The summed E-state index contributed by atoms with van der Waals surface area (Å²) in [7, 11) is 0. The van der Waals surface area contributed by atoms with E-state index in [1.165, 1.54) is 44.1 Å². The molecule has 1 aliphatic rings. The normalized spacial score (nSPS) is 23.3. The van der Waals surface area contributed by atoms with Gasteiger partial charge < -0.3 is 5.32 Å². The molecule has 0 bridgehead atoms. The van der Waals surface area contributed by atoms with Crippen LogP contribution in [-0.4, -0.2) is 12.1 Å². The van der Waals surface area contributed by atoms with Gasteiger partial charge in [-0.15, -0.1) is 0 Å². The lowest BCUT2D eigenvalue weighted by molar-refractivity contribution is 0.620. The van der Waals surface area contributed by atoms with E-state index in [0.29, 0.717) is 0 Å². The molecular formula is C15H23N. The fraction of sp³-hybridized carbons (Fsp3) is 0.600. The van der Waals surface area contributed by atoms with Gasteiger partial charge in [-0.2, -0.15) is 0 Å². The third-order valence-electron chi connectivity index (χ3n) is 3.47. The lowest BCUT2D eigenvalue weighted by Gasteiger charge is -1.99. The van der Waals surface area contributed by atoms with Crippen LogP contribution in [0.5, 0.6) is 0 Å². The molecule has 0 saturated carbocycles. The monoisotopic (exact) mass is 217 g/mol. The maximum Gasteiger partial charge on any atom is 0.0264 e. The zero-order valence-electron chi connectivity index (χ0n) is 10.3. The molecule has 1 heterocycles. The van der Waals surface area contributed by atoms with Crippen molar-refractivity contribution in [3.63, 3.8) is 0 Å². The second-order valence-electron chi connectivity index (χ2n) is 4.92. The van der Waals surface area contributed by atoms with Gasteiger partial charge in [0.25, 0.3) is 0 Å². The molecule has 16 heavy (non-hydrogen) atoms. The quantitative estimate of drug-likeness (QED) is 0.547. The highest BCUT2D eigenvalue weighted by molar-refractivity contribution is 5.18. The first-order chi connectivity index (χ1) is 7.90. The Bertz CT molecular complexity index is 294. The van der Waals surface area contributed by atoms with Gasteiger partial charge in [-0.05, 0) is 18.4 Å². The molecule has 2 rings (SSSR count). The van der Waals surface area contributed by atoms with Crippen LogP contribution in [0.1, 0.15) is 44.6 Å². The Labute approximate surface area is 99.3 Å². The van der Waals surface area contributed by atoms with Gasteiger partial charge >= 0.3 is 0 Å². The minimum Gasteiger partial charge on any atom is -0.308 e. The van der Waals surface area contributed by atoms with Crippen molar-refractivity contribution in [2.45, 2.75) is 57.5 Å². The van der Waals surface area contributed by atoms with Crippen LogP contribution in [0.2, 0.25) is 0 Å². The van der Waals surface area contributed by atoms with E-state index in [9.17, 15) is 0 Å². The molecule has 0 aliphatic carbocycles. The maximum atomic E-state index is 3.59. The van der Waals surface area contributed by atoms with Crippen molar-refractivity contribution in [1.82, 2.24) is 5.32 Å². The largest absolute Gasteiger partial charge is 0.308 e. The molecule has 1 N–H and O–H groups in total. The van der Waals surface area contributed by atoms with E-state index in [-0.39, 0.29) is 0 Å². The third-order valence-corrected chi connectivity index (χ3v) is 3.47. The fourth-order valence-corrected chi connectivity index (χ4v) is 2.36. The van der Waals surface area contributed by atoms with Crippen LogP contribution in [-0.2, 0) is 6.42 Å². The summed E-state index contributed by atoms with van der Waals surface area (Å²) in [4.78, 5) is 0. The van der Waals surface area contributed by atoms with Gasteiger partial charge in [-0.3, -0.25) is 0 Å². The second kappa shape index (κ2) is 6.05. The standard InChI is InChI=1S/C15H23N/c1-2-3-4-8-11-14-15(16-14)12-13-9-6-5-7-10-13/h5-7,9-10,14-16H,2-4,8,11-12H2,1H3/t14-,15-/m1/s1. The molecule has 0 amide bonds. The lowest BCUT2D eigenvalue weighted by atomic mass is 10.0. The van der Waals surface area contributed by atoms with Crippen molar-refractivity contribution >= 4 is 0 Å². The summed E-state index contributed by atoms with van der Waals surface area (Å²) in [6.07, 6.45) is 8.13. The number of rotatable bonds is 7. The van der Waals surface area contributed by atoms with E-state index in [1.54, 1.807) is 0 Å². The Hall–Kier alpha value is -0.820. The number of unbranched alkanes of at least 4 members (excludes halogenated alkanes) is 3. The van der Waals surface area contributed by atoms with Crippen molar-refractivity contribution in [3.05, 3.63) is 35.9 Å². The zero-order chi connectivity index (χ0) is 11.2. The molecular weight excluding hydrogens is 194 g/mol. The van der Waals surface area contributed by atoms with E-state index in [0.717, 1.165) is 12.1 Å². The van der Waals surface area contributed by atoms with Crippen molar-refractivity contribution < 1.29 is 0 Å². The summed E-state index contributed by atoms with van der Waals surface area (Å²) in [6, 6.07) is 12.4.